The number of amides is 1. The smallest absolute Gasteiger partial charge is 0.243 e. The average molecular weight is 362 g/mol. The molecule has 1 heterocycles. The molecule has 0 spiro atoms. The number of hydrogen-bond donors (Lipinski definition) is 2. The van der Waals surface area contributed by atoms with Crippen LogP contribution in [0.2, 0.25) is 0 Å². The molecule has 1 atom stereocenters. The van der Waals surface area contributed by atoms with Gasteiger partial charge in [0.15, 0.2) is 0 Å². The topological polar surface area (TPSA) is 92.5 Å². The fraction of sp³-hybridized carbons (Fsp3) is 0.533. The van der Waals surface area contributed by atoms with Crippen LogP contribution >= 0.6 is 12.4 Å². The number of piperidine rings is 1. The fourth-order valence-electron chi connectivity index (χ4n) is 2.78. The molecule has 6 nitrogen and oxygen atoms in total. The summed E-state index contributed by atoms with van der Waals surface area (Å²) in [7, 11) is -3.48. The van der Waals surface area contributed by atoms with E-state index in [9.17, 15) is 13.2 Å². The number of carbonyl (C=O) groups is 1. The van der Waals surface area contributed by atoms with Gasteiger partial charge in [-0.3, -0.25) is 4.79 Å². The minimum Gasteiger partial charge on any atom is -0.330 e. The molecule has 2 rings (SSSR count). The maximum Gasteiger partial charge on any atom is 0.243 e. The number of nitrogens with one attached hydrogen (secondary N) is 1. The van der Waals surface area contributed by atoms with E-state index in [2.05, 4.69) is 5.32 Å². The molecule has 1 aromatic carbocycles. The van der Waals surface area contributed by atoms with Crippen LogP contribution in [-0.4, -0.2) is 38.3 Å². The Morgan fingerprint density at radius 3 is 2.57 bits per heavy atom. The third kappa shape index (κ3) is 5.17. The van der Waals surface area contributed by atoms with Gasteiger partial charge in [-0.25, -0.2) is 8.42 Å². The van der Waals surface area contributed by atoms with Crippen molar-refractivity contribution in [3.8, 4) is 0 Å². The van der Waals surface area contributed by atoms with Crippen LogP contribution in [0.4, 0.5) is 5.69 Å². The van der Waals surface area contributed by atoms with Crippen molar-refractivity contribution >= 4 is 34.0 Å². The van der Waals surface area contributed by atoms with Gasteiger partial charge in [0.2, 0.25) is 15.9 Å². The number of rotatable bonds is 5. The molecule has 0 radical (unpaired) electrons. The van der Waals surface area contributed by atoms with Crippen molar-refractivity contribution in [3.63, 3.8) is 0 Å². The first-order chi connectivity index (χ1) is 10.4. The molecule has 0 aliphatic carbocycles. The van der Waals surface area contributed by atoms with Gasteiger partial charge in [-0.2, -0.15) is 4.31 Å². The summed E-state index contributed by atoms with van der Waals surface area (Å²) in [5.41, 5.74) is 6.17. The zero-order valence-electron chi connectivity index (χ0n) is 13.2. The van der Waals surface area contributed by atoms with Gasteiger partial charge in [0.25, 0.3) is 0 Å². The summed E-state index contributed by atoms with van der Waals surface area (Å²) in [6, 6.07) is 6.28. The summed E-state index contributed by atoms with van der Waals surface area (Å²) in [4.78, 5) is 11.3. The highest BCUT2D eigenvalue weighted by Crippen LogP contribution is 2.25. The third-order valence-electron chi connectivity index (χ3n) is 3.87. The minimum atomic E-state index is -3.48. The standard InChI is InChI=1S/C15H23N3O3S.ClH/c1-12(19)17-14-4-6-15(7-5-14)22(20,21)18-10-2-3-13(11-18)8-9-16;/h4-7,13H,2-3,8-11,16H2,1H3,(H,17,19);1H. The lowest BCUT2D eigenvalue weighted by Gasteiger charge is -2.31. The Labute approximate surface area is 143 Å². The highest BCUT2D eigenvalue weighted by Gasteiger charge is 2.29. The van der Waals surface area contributed by atoms with Gasteiger partial charge in [0.1, 0.15) is 0 Å². The van der Waals surface area contributed by atoms with E-state index in [1.165, 1.54) is 19.1 Å². The quantitative estimate of drug-likeness (QED) is 0.836. The van der Waals surface area contributed by atoms with Crippen molar-refractivity contribution in [3.05, 3.63) is 24.3 Å². The van der Waals surface area contributed by atoms with Gasteiger partial charge in [-0.15, -0.1) is 12.4 Å². The van der Waals surface area contributed by atoms with Crippen LogP contribution in [0.1, 0.15) is 26.2 Å². The molecular weight excluding hydrogens is 338 g/mol. The fourth-order valence-corrected chi connectivity index (χ4v) is 4.33. The van der Waals surface area contributed by atoms with E-state index in [0.717, 1.165) is 19.3 Å². The SMILES string of the molecule is CC(=O)Nc1ccc(S(=O)(=O)N2CCCC(CCN)C2)cc1.Cl. The predicted octanol–water partition coefficient (Wildman–Crippen LogP) is 1.82. The number of anilines is 1. The van der Waals surface area contributed by atoms with Crippen LogP contribution in [0.15, 0.2) is 29.2 Å². The van der Waals surface area contributed by atoms with Gasteiger partial charge in [-0.05, 0) is 56.0 Å². The normalized spacial score (nSPS) is 19.0. The third-order valence-corrected chi connectivity index (χ3v) is 5.75. The number of hydrogen-bond acceptors (Lipinski definition) is 4. The van der Waals surface area contributed by atoms with Crippen LogP contribution in [0.5, 0.6) is 0 Å². The van der Waals surface area contributed by atoms with Gasteiger partial charge < -0.3 is 11.1 Å². The van der Waals surface area contributed by atoms with Crippen molar-refractivity contribution in [1.82, 2.24) is 4.31 Å². The Hall–Kier alpha value is -1.15. The second-order valence-electron chi connectivity index (χ2n) is 5.65. The summed E-state index contributed by atoms with van der Waals surface area (Å²) < 4.78 is 26.9. The summed E-state index contributed by atoms with van der Waals surface area (Å²) in [5, 5.41) is 2.63. The molecule has 1 amide bonds. The monoisotopic (exact) mass is 361 g/mol. The number of sulfonamides is 1. The molecule has 0 aromatic heterocycles. The molecule has 3 N–H and O–H groups in total. The predicted molar refractivity (Wildman–Crippen MR) is 93.1 cm³/mol. The number of carbonyl (C=O) groups excluding carboxylic acids is 1. The summed E-state index contributed by atoms with van der Waals surface area (Å²) in [6.07, 6.45) is 2.76. The van der Waals surface area contributed by atoms with Crippen molar-refractivity contribution < 1.29 is 13.2 Å². The van der Waals surface area contributed by atoms with Crippen LogP contribution in [0.25, 0.3) is 0 Å². The molecule has 1 aliphatic rings. The highest BCUT2D eigenvalue weighted by atomic mass is 35.5. The second kappa shape index (κ2) is 8.63. The van der Waals surface area contributed by atoms with Gasteiger partial charge in [0, 0.05) is 25.7 Å². The van der Waals surface area contributed by atoms with E-state index < -0.39 is 10.0 Å². The maximum absolute atomic E-state index is 12.7. The van der Waals surface area contributed by atoms with E-state index in [1.54, 1.807) is 16.4 Å². The number of nitrogens with zero attached hydrogens (tertiary/aromatic N) is 1. The van der Waals surface area contributed by atoms with Crippen LogP contribution < -0.4 is 11.1 Å². The van der Waals surface area contributed by atoms with Gasteiger partial charge in [-0.1, -0.05) is 0 Å². The van der Waals surface area contributed by atoms with Gasteiger partial charge >= 0.3 is 0 Å². The number of nitrogens with two attached hydrogens (primary N) is 1. The zero-order chi connectivity index (χ0) is 16.2. The Balaban J connectivity index is 0.00000264. The molecule has 0 saturated carbocycles. The summed E-state index contributed by atoms with van der Waals surface area (Å²) in [6.45, 7) is 3.09. The zero-order valence-corrected chi connectivity index (χ0v) is 14.8. The first-order valence-corrected chi connectivity index (χ1v) is 8.95. The van der Waals surface area contributed by atoms with Crippen LogP contribution in [0, 0.1) is 5.92 Å². The Morgan fingerprint density at radius 2 is 2.00 bits per heavy atom. The average Bonchev–Trinajstić information content (AvgIpc) is 2.48. The van der Waals surface area contributed by atoms with Crippen molar-refractivity contribution in [2.24, 2.45) is 11.7 Å². The highest BCUT2D eigenvalue weighted by molar-refractivity contribution is 7.89. The number of benzene rings is 1. The molecule has 1 aromatic rings. The van der Waals surface area contributed by atoms with Crippen molar-refractivity contribution in [2.75, 3.05) is 25.0 Å². The van der Waals surface area contributed by atoms with Crippen LogP contribution in [0.3, 0.4) is 0 Å². The first-order valence-electron chi connectivity index (χ1n) is 7.51. The Bertz CT molecular complexity index is 617. The Morgan fingerprint density at radius 1 is 1.35 bits per heavy atom. The van der Waals surface area contributed by atoms with E-state index in [0.29, 0.717) is 31.2 Å². The van der Waals surface area contributed by atoms with E-state index in [-0.39, 0.29) is 23.2 Å². The lowest BCUT2D eigenvalue weighted by Crippen LogP contribution is -2.40. The van der Waals surface area contributed by atoms with Crippen LogP contribution in [-0.2, 0) is 14.8 Å². The molecule has 130 valence electrons. The molecular formula is C15H24ClN3O3S. The molecule has 23 heavy (non-hydrogen) atoms. The van der Waals surface area contributed by atoms with Crippen molar-refractivity contribution in [2.45, 2.75) is 31.1 Å². The summed E-state index contributed by atoms with van der Waals surface area (Å²) in [5.74, 6) is 0.156. The lowest BCUT2D eigenvalue weighted by atomic mass is 9.96. The maximum atomic E-state index is 12.7. The molecule has 0 bridgehead atoms. The first kappa shape index (κ1) is 19.9. The summed E-state index contributed by atoms with van der Waals surface area (Å²) >= 11 is 0. The number of halogens is 1. The second-order valence-corrected chi connectivity index (χ2v) is 7.59. The molecule has 1 aliphatic heterocycles. The molecule has 1 saturated heterocycles. The van der Waals surface area contributed by atoms with E-state index >= 15 is 0 Å². The van der Waals surface area contributed by atoms with Crippen molar-refractivity contribution in [1.29, 1.82) is 0 Å². The molecule has 1 unspecified atom stereocenters. The molecule has 8 heteroatoms. The minimum absolute atomic E-state index is 0. The van der Waals surface area contributed by atoms with Gasteiger partial charge in [0.05, 0.1) is 4.90 Å². The lowest BCUT2D eigenvalue weighted by molar-refractivity contribution is -0.114. The molecule has 1 fully saturated rings. The Kier molecular flexibility index (Phi) is 7.47. The van der Waals surface area contributed by atoms with E-state index in [4.69, 9.17) is 5.73 Å². The largest absolute Gasteiger partial charge is 0.330 e. The van der Waals surface area contributed by atoms with E-state index in [1.807, 2.05) is 0 Å².